The van der Waals surface area contributed by atoms with Gasteiger partial charge in [0.05, 0.1) is 5.92 Å². The van der Waals surface area contributed by atoms with Crippen molar-refractivity contribution in [1.82, 2.24) is 15.5 Å². The van der Waals surface area contributed by atoms with Crippen LogP contribution >= 0.6 is 0 Å². The fourth-order valence-electron chi connectivity index (χ4n) is 3.32. The quantitative estimate of drug-likeness (QED) is 0.796. The van der Waals surface area contributed by atoms with Gasteiger partial charge in [0.25, 0.3) is 0 Å². The van der Waals surface area contributed by atoms with E-state index in [9.17, 15) is 4.79 Å². The molecule has 2 N–H and O–H groups in total. The number of nitrogens with one attached hydrogen (secondary N) is 2. The van der Waals surface area contributed by atoms with Crippen LogP contribution in [0, 0.1) is 11.8 Å². The van der Waals surface area contributed by atoms with Crippen LogP contribution in [0.3, 0.4) is 0 Å². The predicted octanol–water partition coefficient (Wildman–Crippen LogP) is 0.977. The summed E-state index contributed by atoms with van der Waals surface area (Å²) in [6, 6.07) is 0.421. The van der Waals surface area contributed by atoms with E-state index in [1.165, 1.54) is 32.5 Å². The molecular weight excluding hydrogens is 238 g/mol. The highest BCUT2D eigenvalue weighted by Gasteiger charge is 2.28. The van der Waals surface area contributed by atoms with Gasteiger partial charge in [0.2, 0.25) is 5.91 Å². The molecule has 0 aromatic heterocycles. The summed E-state index contributed by atoms with van der Waals surface area (Å²) in [6.07, 6.45) is 7.34. The van der Waals surface area contributed by atoms with Gasteiger partial charge in [-0.05, 0) is 51.0 Å². The largest absolute Gasteiger partial charge is 0.353 e. The van der Waals surface area contributed by atoms with Crippen molar-refractivity contribution >= 4 is 5.91 Å². The average Bonchev–Trinajstić information content (AvgIpc) is 3.26. The molecule has 1 amide bonds. The SMILES string of the molecule is O=C(NC1CCN(CC2CC2)CC1)C1CCCNC1. The molecular formula is C15H27N3O. The molecule has 0 bridgehead atoms. The second-order valence-electron chi connectivity index (χ2n) is 6.57. The Balaban J connectivity index is 1.37. The Labute approximate surface area is 116 Å². The molecule has 2 aliphatic heterocycles. The maximum atomic E-state index is 12.2. The van der Waals surface area contributed by atoms with Crippen LogP contribution in [0.4, 0.5) is 0 Å². The third-order valence-electron chi connectivity index (χ3n) is 4.81. The van der Waals surface area contributed by atoms with Crippen molar-refractivity contribution in [3.63, 3.8) is 0 Å². The van der Waals surface area contributed by atoms with Crippen LogP contribution in [0.2, 0.25) is 0 Å². The van der Waals surface area contributed by atoms with Crippen molar-refractivity contribution in [3.8, 4) is 0 Å². The molecule has 1 saturated carbocycles. The smallest absolute Gasteiger partial charge is 0.224 e. The van der Waals surface area contributed by atoms with Crippen LogP contribution in [-0.2, 0) is 4.79 Å². The Morgan fingerprint density at radius 3 is 2.58 bits per heavy atom. The van der Waals surface area contributed by atoms with Gasteiger partial charge in [-0.1, -0.05) is 0 Å². The van der Waals surface area contributed by atoms with E-state index in [4.69, 9.17) is 0 Å². The lowest BCUT2D eigenvalue weighted by atomic mass is 9.97. The van der Waals surface area contributed by atoms with Gasteiger partial charge in [-0.3, -0.25) is 4.79 Å². The Kier molecular flexibility index (Phi) is 4.38. The van der Waals surface area contributed by atoms with E-state index >= 15 is 0 Å². The van der Waals surface area contributed by atoms with Gasteiger partial charge in [-0.15, -0.1) is 0 Å². The van der Waals surface area contributed by atoms with Gasteiger partial charge in [0.1, 0.15) is 0 Å². The molecule has 1 unspecified atom stereocenters. The summed E-state index contributed by atoms with van der Waals surface area (Å²) in [6.45, 7) is 5.58. The summed E-state index contributed by atoms with van der Waals surface area (Å²) in [5.74, 6) is 1.48. The van der Waals surface area contributed by atoms with Crippen LogP contribution in [0.5, 0.6) is 0 Å². The molecule has 2 heterocycles. The third kappa shape index (κ3) is 3.93. The minimum Gasteiger partial charge on any atom is -0.353 e. The van der Waals surface area contributed by atoms with Crippen LogP contribution in [0.15, 0.2) is 0 Å². The first-order chi connectivity index (χ1) is 9.31. The molecule has 2 saturated heterocycles. The van der Waals surface area contributed by atoms with E-state index < -0.39 is 0 Å². The molecule has 3 rings (SSSR count). The second kappa shape index (κ2) is 6.23. The van der Waals surface area contributed by atoms with E-state index in [0.717, 1.165) is 44.7 Å². The summed E-state index contributed by atoms with van der Waals surface area (Å²) in [4.78, 5) is 14.8. The predicted molar refractivity (Wildman–Crippen MR) is 75.9 cm³/mol. The fourth-order valence-corrected chi connectivity index (χ4v) is 3.32. The minimum atomic E-state index is 0.207. The lowest BCUT2D eigenvalue weighted by molar-refractivity contribution is -0.126. The number of piperidine rings is 2. The van der Waals surface area contributed by atoms with E-state index in [1.54, 1.807) is 0 Å². The summed E-state index contributed by atoms with van der Waals surface area (Å²) >= 11 is 0. The Morgan fingerprint density at radius 2 is 1.95 bits per heavy atom. The highest BCUT2D eigenvalue weighted by Crippen LogP contribution is 2.30. The van der Waals surface area contributed by atoms with Crippen molar-refractivity contribution < 1.29 is 4.79 Å². The standard InChI is InChI=1S/C15H27N3O/c19-15(13-2-1-7-16-10-13)17-14-5-8-18(9-6-14)11-12-3-4-12/h12-14,16H,1-11H2,(H,17,19). The molecule has 1 aliphatic carbocycles. The number of hydrogen-bond donors (Lipinski definition) is 2. The van der Waals surface area contributed by atoms with Crippen LogP contribution in [0.25, 0.3) is 0 Å². The maximum Gasteiger partial charge on any atom is 0.224 e. The molecule has 0 aromatic carbocycles. The van der Waals surface area contributed by atoms with Crippen molar-refractivity contribution in [3.05, 3.63) is 0 Å². The Hall–Kier alpha value is -0.610. The van der Waals surface area contributed by atoms with Gasteiger partial charge in [0, 0.05) is 32.2 Å². The lowest BCUT2D eigenvalue weighted by Gasteiger charge is -2.33. The fraction of sp³-hybridized carbons (Fsp3) is 0.933. The molecule has 4 heteroatoms. The normalized spacial score (nSPS) is 30.2. The summed E-state index contributed by atoms with van der Waals surface area (Å²) in [5.41, 5.74) is 0. The zero-order valence-electron chi connectivity index (χ0n) is 11.9. The van der Waals surface area contributed by atoms with Gasteiger partial charge in [0.15, 0.2) is 0 Å². The molecule has 108 valence electrons. The second-order valence-corrected chi connectivity index (χ2v) is 6.57. The molecule has 3 fully saturated rings. The lowest BCUT2D eigenvalue weighted by Crippen LogP contribution is -2.48. The van der Waals surface area contributed by atoms with Crippen molar-refractivity contribution in [2.75, 3.05) is 32.7 Å². The molecule has 1 atom stereocenters. The topological polar surface area (TPSA) is 44.4 Å². The van der Waals surface area contributed by atoms with Crippen molar-refractivity contribution in [2.45, 2.75) is 44.6 Å². The zero-order valence-corrected chi connectivity index (χ0v) is 11.9. The first kappa shape index (κ1) is 13.4. The monoisotopic (exact) mass is 265 g/mol. The van der Waals surface area contributed by atoms with E-state index in [1.807, 2.05) is 0 Å². The van der Waals surface area contributed by atoms with Crippen LogP contribution in [0.1, 0.15) is 38.5 Å². The molecule has 0 radical (unpaired) electrons. The molecule has 0 aromatic rings. The highest BCUT2D eigenvalue weighted by molar-refractivity contribution is 5.79. The number of likely N-dealkylation sites (tertiary alicyclic amines) is 1. The van der Waals surface area contributed by atoms with E-state index in [0.29, 0.717) is 6.04 Å². The third-order valence-corrected chi connectivity index (χ3v) is 4.81. The average molecular weight is 265 g/mol. The summed E-state index contributed by atoms with van der Waals surface area (Å²) in [5, 5.41) is 6.59. The number of nitrogens with zero attached hydrogens (tertiary/aromatic N) is 1. The molecule has 19 heavy (non-hydrogen) atoms. The number of hydrogen-bond acceptors (Lipinski definition) is 3. The zero-order chi connectivity index (χ0) is 13.1. The minimum absolute atomic E-state index is 0.207. The first-order valence-electron chi connectivity index (χ1n) is 8.05. The molecule has 4 nitrogen and oxygen atoms in total. The maximum absolute atomic E-state index is 12.2. The van der Waals surface area contributed by atoms with Gasteiger partial charge in [-0.2, -0.15) is 0 Å². The number of amides is 1. The van der Waals surface area contributed by atoms with Gasteiger partial charge in [-0.25, -0.2) is 0 Å². The van der Waals surface area contributed by atoms with Crippen LogP contribution < -0.4 is 10.6 Å². The van der Waals surface area contributed by atoms with Crippen molar-refractivity contribution in [1.29, 1.82) is 0 Å². The molecule has 3 aliphatic rings. The van der Waals surface area contributed by atoms with E-state index in [2.05, 4.69) is 15.5 Å². The van der Waals surface area contributed by atoms with Crippen molar-refractivity contribution in [2.24, 2.45) is 11.8 Å². The van der Waals surface area contributed by atoms with E-state index in [-0.39, 0.29) is 11.8 Å². The van der Waals surface area contributed by atoms with Crippen LogP contribution in [-0.4, -0.2) is 49.6 Å². The summed E-state index contributed by atoms with van der Waals surface area (Å²) < 4.78 is 0. The van der Waals surface area contributed by atoms with Gasteiger partial charge < -0.3 is 15.5 Å². The molecule has 0 spiro atoms. The van der Waals surface area contributed by atoms with Gasteiger partial charge >= 0.3 is 0 Å². The first-order valence-corrected chi connectivity index (χ1v) is 8.05. The number of carbonyl (C=O) groups excluding carboxylic acids is 1. The number of carbonyl (C=O) groups is 1. The Bertz CT molecular complexity index is 303. The summed E-state index contributed by atoms with van der Waals surface area (Å²) in [7, 11) is 0. The highest BCUT2D eigenvalue weighted by atomic mass is 16.2. The Morgan fingerprint density at radius 1 is 1.16 bits per heavy atom. The number of rotatable bonds is 4.